The van der Waals surface area contributed by atoms with Crippen LogP contribution in [0.4, 0.5) is 0 Å². The number of carbonyl (C=O) groups excluding carboxylic acids is 1. The Balaban J connectivity index is 2.34. The first-order valence-corrected chi connectivity index (χ1v) is 6.06. The third-order valence-electron chi connectivity index (χ3n) is 3.24. The van der Waals surface area contributed by atoms with E-state index in [1.54, 1.807) is 12.1 Å². The van der Waals surface area contributed by atoms with Crippen molar-refractivity contribution < 1.29 is 9.90 Å². The van der Waals surface area contributed by atoms with Crippen LogP contribution < -0.4 is 0 Å². The molecule has 2 nitrogen and oxygen atoms in total. The normalized spacial score (nSPS) is 10.5. The summed E-state index contributed by atoms with van der Waals surface area (Å²) < 4.78 is 0. The van der Waals surface area contributed by atoms with Crippen LogP contribution in [0.2, 0.25) is 0 Å². The predicted molar refractivity (Wildman–Crippen MR) is 76.4 cm³/mol. The summed E-state index contributed by atoms with van der Waals surface area (Å²) in [4.78, 5) is 11.2. The lowest BCUT2D eigenvalue weighted by molar-refractivity contribution is 0.112. The van der Waals surface area contributed by atoms with Crippen LogP contribution in [0.3, 0.4) is 0 Å². The number of fused-ring (bicyclic) bond motifs is 1. The van der Waals surface area contributed by atoms with E-state index < -0.39 is 0 Å². The molecule has 0 amide bonds. The number of rotatable bonds is 2. The maximum absolute atomic E-state index is 11.2. The summed E-state index contributed by atoms with van der Waals surface area (Å²) in [6, 6.07) is 18.6. The van der Waals surface area contributed by atoms with Gasteiger partial charge in [0, 0.05) is 5.56 Å². The molecule has 0 saturated carbocycles. The van der Waals surface area contributed by atoms with Crippen molar-refractivity contribution in [2.24, 2.45) is 0 Å². The lowest BCUT2D eigenvalue weighted by atomic mass is 9.95. The van der Waals surface area contributed by atoms with Gasteiger partial charge in [0.15, 0.2) is 6.29 Å². The van der Waals surface area contributed by atoms with Crippen molar-refractivity contribution in [2.75, 3.05) is 0 Å². The van der Waals surface area contributed by atoms with E-state index in [9.17, 15) is 9.90 Å². The number of aldehydes is 1. The van der Waals surface area contributed by atoms with Gasteiger partial charge in [0.1, 0.15) is 5.75 Å². The number of carbonyl (C=O) groups is 1. The van der Waals surface area contributed by atoms with Crippen LogP contribution in [0.25, 0.3) is 21.9 Å². The second-order valence-electron chi connectivity index (χ2n) is 4.42. The van der Waals surface area contributed by atoms with Gasteiger partial charge in [-0.2, -0.15) is 0 Å². The van der Waals surface area contributed by atoms with Gasteiger partial charge in [0.25, 0.3) is 0 Å². The molecule has 1 N–H and O–H groups in total. The van der Waals surface area contributed by atoms with E-state index in [1.165, 1.54) is 0 Å². The van der Waals surface area contributed by atoms with E-state index in [-0.39, 0.29) is 5.75 Å². The van der Waals surface area contributed by atoms with Crippen LogP contribution in [0, 0.1) is 0 Å². The molecule has 0 heterocycles. The quantitative estimate of drug-likeness (QED) is 0.695. The Bertz CT molecular complexity index is 760. The van der Waals surface area contributed by atoms with Gasteiger partial charge in [-0.15, -0.1) is 0 Å². The third kappa shape index (κ3) is 1.97. The maximum Gasteiger partial charge on any atom is 0.150 e. The standard InChI is InChI=1S/C17H12O2/c18-11-13-4-1-2-6-15(13)17-7-3-5-12-10-14(19)8-9-16(12)17/h1-11,19H. The van der Waals surface area contributed by atoms with Crippen molar-refractivity contribution in [3.8, 4) is 16.9 Å². The zero-order valence-corrected chi connectivity index (χ0v) is 10.2. The zero-order valence-electron chi connectivity index (χ0n) is 10.2. The SMILES string of the molecule is O=Cc1ccccc1-c1cccc2cc(O)ccc12. The largest absolute Gasteiger partial charge is 0.508 e. The highest BCUT2D eigenvalue weighted by Crippen LogP contribution is 2.31. The molecule has 0 aliphatic carbocycles. The van der Waals surface area contributed by atoms with Crippen molar-refractivity contribution in [1.29, 1.82) is 0 Å². The summed E-state index contributed by atoms with van der Waals surface area (Å²) in [6.07, 6.45) is 0.870. The molecule has 0 fully saturated rings. The van der Waals surface area contributed by atoms with Crippen molar-refractivity contribution in [2.45, 2.75) is 0 Å². The number of phenolic OH excluding ortho intramolecular Hbond substituents is 1. The lowest BCUT2D eigenvalue weighted by Gasteiger charge is -2.09. The summed E-state index contributed by atoms with van der Waals surface area (Å²) in [5, 5.41) is 11.5. The average Bonchev–Trinajstić information content (AvgIpc) is 2.46. The number of phenols is 1. The van der Waals surface area contributed by atoms with Gasteiger partial charge in [-0.3, -0.25) is 4.79 Å². The summed E-state index contributed by atoms with van der Waals surface area (Å²) in [6.45, 7) is 0. The molecule has 3 aromatic rings. The molecule has 0 saturated heterocycles. The molecule has 0 radical (unpaired) electrons. The molecule has 0 bridgehead atoms. The van der Waals surface area contributed by atoms with Gasteiger partial charge in [0.2, 0.25) is 0 Å². The van der Waals surface area contributed by atoms with Crippen molar-refractivity contribution in [3.63, 3.8) is 0 Å². The third-order valence-corrected chi connectivity index (χ3v) is 3.24. The second-order valence-corrected chi connectivity index (χ2v) is 4.42. The summed E-state index contributed by atoms with van der Waals surface area (Å²) in [5.41, 5.74) is 2.58. The van der Waals surface area contributed by atoms with Crippen LogP contribution in [0.5, 0.6) is 5.75 Å². The Labute approximate surface area is 110 Å². The van der Waals surface area contributed by atoms with Crippen molar-refractivity contribution in [3.05, 3.63) is 66.2 Å². The highest BCUT2D eigenvalue weighted by atomic mass is 16.3. The summed E-state index contributed by atoms with van der Waals surface area (Å²) in [7, 11) is 0. The van der Waals surface area contributed by atoms with Crippen molar-refractivity contribution in [1.82, 2.24) is 0 Å². The second kappa shape index (κ2) is 4.58. The first-order valence-electron chi connectivity index (χ1n) is 6.06. The van der Waals surface area contributed by atoms with Crippen LogP contribution >= 0.6 is 0 Å². The van der Waals surface area contributed by atoms with Crippen LogP contribution in [0.1, 0.15) is 10.4 Å². The van der Waals surface area contributed by atoms with Crippen LogP contribution in [-0.2, 0) is 0 Å². The number of aromatic hydroxyl groups is 1. The smallest absolute Gasteiger partial charge is 0.150 e. The van der Waals surface area contributed by atoms with Crippen LogP contribution in [-0.4, -0.2) is 11.4 Å². The highest BCUT2D eigenvalue weighted by Gasteiger charge is 2.07. The monoisotopic (exact) mass is 248 g/mol. The van der Waals surface area contributed by atoms with Crippen molar-refractivity contribution >= 4 is 17.1 Å². The van der Waals surface area contributed by atoms with Gasteiger partial charge in [0.05, 0.1) is 0 Å². The molecule has 3 aromatic carbocycles. The van der Waals surface area contributed by atoms with Gasteiger partial charge >= 0.3 is 0 Å². The lowest BCUT2D eigenvalue weighted by Crippen LogP contribution is -1.88. The zero-order chi connectivity index (χ0) is 13.2. The fourth-order valence-corrected chi connectivity index (χ4v) is 2.35. The maximum atomic E-state index is 11.2. The summed E-state index contributed by atoms with van der Waals surface area (Å²) in [5.74, 6) is 0.244. The minimum Gasteiger partial charge on any atom is -0.508 e. The number of hydrogen-bond donors (Lipinski definition) is 1. The molecular formula is C17H12O2. The van der Waals surface area contributed by atoms with E-state index in [2.05, 4.69) is 0 Å². The first-order chi connectivity index (χ1) is 9.29. The minimum absolute atomic E-state index is 0.244. The first kappa shape index (κ1) is 11.5. The fourth-order valence-electron chi connectivity index (χ4n) is 2.35. The van der Waals surface area contributed by atoms with Crippen LogP contribution in [0.15, 0.2) is 60.7 Å². The van der Waals surface area contributed by atoms with E-state index in [1.807, 2.05) is 48.5 Å². The Morgan fingerprint density at radius 3 is 2.47 bits per heavy atom. The van der Waals surface area contributed by atoms with E-state index in [0.717, 1.165) is 28.2 Å². The summed E-state index contributed by atoms with van der Waals surface area (Å²) >= 11 is 0. The minimum atomic E-state index is 0.244. The molecule has 92 valence electrons. The van der Waals surface area contributed by atoms with E-state index >= 15 is 0 Å². The Morgan fingerprint density at radius 2 is 1.63 bits per heavy atom. The molecule has 0 aliphatic rings. The topological polar surface area (TPSA) is 37.3 Å². The Kier molecular flexibility index (Phi) is 2.76. The van der Waals surface area contributed by atoms with Gasteiger partial charge in [-0.1, -0.05) is 48.5 Å². The molecule has 0 atom stereocenters. The molecule has 0 aliphatic heterocycles. The van der Waals surface area contributed by atoms with Gasteiger partial charge in [-0.25, -0.2) is 0 Å². The predicted octanol–water partition coefficient (Wildman–Crippen LogP) is 4.02. The van der Waals surface area contributed by atoms with Gasteiger partial charge < -0.3 is 5.11 Å². The Morgan fingerprint density at radius 1 is 0.842 bits per heavy atom. The molecule has 0 unspecified atom stereocenters. The van der Waals surface area contributed by atoms with E-state index in [4.69, 9.17) is 0 Å². The number of benzene rings is 3. The average molecular weight is 248 g/mol. The molecular weight excluding hydrogens is 236 g/mol. The van der Waals surface area contributed by atoms with Gasteiger partial charge in [-0.05, 0) is 34.0 Å². The molecule has 0 aromatic heterocycles. The fraction of sp³-hybridized carbons (Fsp3) is 0. The Hall–Kier alpha value is -2.61. The highest BCUT2D eigenvalue weighted by molar-refractivity contribution is 6.01. The molecule has 19 heavy (non-hydrogen) atoms. The number of hydrogen-bond acceptors (Lipinski definition) is 2. The molecule has 2 heteroatoms. The van der Waals surface area contributed by atoms with E-state index in [0.29, 0.717) is 5.56 Å². The molecule has 3 rings (SSSR count). The molecule has 0 spiro atoms.